The molecule has 0 radical (unpaired) electrons. The zero-order chi connectivity index (χ0) is 17.1. The summed E-state index contributed by atoms with van der Waals surface area (Å²) in [6.07, 6.45) is 6.03. The van der Waals surface area contributed by atoms with Crippen LogP contribution in [0, 0.1) is 5.92 Å². The van der Waals surface area contributed by atoms with Gasteiger partial charge in [-0.1, -0.05) is 62.5 Å². The molecule has 2 heterocycles. The lowest BCUT2D eigenvalue weighted by Gasteiger charge is -2.21. The first-order chi connectivity index (χ1) is 11.6. The Balaban J connectivity index is 0.00000225. The largest absolute Gasteiger partial charge is 1.00 e. The van der Waals surface area contributed by atoms with Crippen molar-refractivity contribution < 1.29 is 21.8 Å². The fourth-order valence-electron chi connectivity index (χ4n) is 2.89. The highest BCUT2D eigenvalue weighted by Gasteiger charge is 2.38. The summed E-state index contributed by atoms with van der Waals surface area (Å²) in [6, 6.07) is 12.5. The molecule has 1 unspecified atom stereocenters. The van der Waals surface area contributed by atoms with Gasteiger partial charge in [0.25, 0.3) is 5.50 Å². The zero-order valence-corrected chi connectivity index (χ0v) is 16.1. The molecule has 0 bridgehead atoms. The molecular formula is C20H23ClN2OS. The average Bonchev–Trinajstić information content (AvgIpc) is 2.95. The number of nitrogens with zero attached hydrogens (tertiary/aromatic N) is 2. The molecule has 1 aliphatic heterocycles. The molecule has 0 N–H and O–H groups in total. The van der Waals surface area contributed by atoms with Gasteiger partial charge in [0.05, 0.1) is 5.75 Å². The third kappa shape index (κ3) is 4.44. The third-order valence-corrected chi connectivity index (χ3v) is 5.27. The molecule has 1 aliphatic rings. The van der Waals surface area contributed by atoms with Crippen LogP contribution in [0.1, 0.15) is 24.9 Å². The molecule has 1 aromatic heterocycles. The summed E-state index contributed by atoms with van der Waals surface area (Å²) in [6.45, 7) is 8.88. The van der Waals surface area contributed by atoms with Gasteiger partial charge in [0.15, 0.2) is 12.4 Å². The van der Waals surface area contributed by atoms with Crippen LogP contribution in [0.25, 0.3) is 17.2 Å². The second-order valence-corrected chi connectivity index (χ2v) is 7.49. The molecule has 3 rings (SSSR count). The second-order valence-electron chi connectivity index (χ2n) is 6.44. The number of hydrogen-bond acceptors (Lipinski definition) is 2. The van der Waals surface area contributed by atoms with E-state index in [1.165, 1.54) is 5.56 Å². The number of amides is 1. The van der Waals surface area contributed by atoms with Crippen molar-refractivity contribution in [2.45, 2.75) is 19.3 Å². The molecule has 1 saturated heterocycles. The number of hydrogen-bond donors (Lipinski definition) is 0. The predicted molar refractivity (Wildman–Crippen MR) is 100 cm³/mol. The number of carbonyl (C=O) groups is 1. The Bertz CT molecular complexity index is 746. The minimum Gasteiger partial charge on any atom is -1.00 e. The smallest absolute Gasteiger partial charge is 0.285 e. The quantitative estimate of drug-likeness (QED) is 0.728. The highest BCUT2D eigenvalue weighted by atomic mass is 35.5. The first kappa shape index (κ1) is 19.5. The van der Waals surface area contributed by atoms with Crippen LogP contribution < -0.4 is 17.0 Å². The summed E-state index contributed by atoms with van der Waals surface area (Å²) in [7, 11) is 0. The molecule has 2 aromatic rings. The van der Waals surface area contributed by atoms with Crippen molar-refractivity contribution in [2.75, 3.05) is 12.3 Å². The summed E-state index contributed by atoms with van der Waals surface area (Å²) in [5.41, 5.74) is 3.48. The fourth-order valence-corrected chi connectivity index (χ4v) is 4.03. The van der Waals surface area contributed by atoms with E-state index in [9.17, 15) is 4.79 Å². The lowest BCUT2D eigenvalue weighted by Crippen LogP contribution is -3.00. The van der Waals surface area contributed by atoms with Crippen molar-refractivity contribution in [3.63, 3.8) is 0 Å². The highest BCUT2D eigenvalue weighted by molar-refractivity contribution is 8.00. The molecule has 5 heteroatoms. The van der Waals surface area contributed by atoms with E-state index in [4.69, 9.17) is 0 Å². The van der Waals surface area contributed by atoms with Gasteiger partial charge in [0.1, 0.15) is 0 Å². The predicted octanol–water partition coefficient (Wildman–Crippen LogP) is 0.976. The second kappa shape index (κ2) is 8.54. The van der Waals surface area contributed by atoms with Crippen LogP contribution >= 0.6 is 11.8 Å². The maximum Gasteiger partial charge on any atom is 0.285 e. The first-order valence-corrected chi connectivity index (χ1v) is 9.28. The summed E-state index contributed by atoms with van der Waals surface area (Å²) < 4.78 is 2.15. The van der Waals surface area contributed by atoms with Gasteiger partial charge >= 0.3 is 0 Å². The van der Waals surface area contributed by atoms with Gasteiger partial charge in [-0.25, -0.2) is 0 Å². The van der Waals surface area contributed by atoms with Crippen LogP contribution in [0.5, 0.6) is 0 Å². The normalized spacial score (nSPS) is 16.8. The molecule has 25 heavy (non-hydrogen) atoms. The molecular weight excluding hydrogens is 352 g/mol. The molecule has 132 valence electrons. The van der Waals surface area contributed by atoms with E-state index in [0.29, 0.717) is 11.7 Å². The molecule has 0 spiro atoms. The number of pyridine rings is 1. The average molecular weight is 375 g/mol. The van der Waals surface area contributed by atoms with Crippen molar-refractivity contribution in [3.8, 4) is 11.1 Å². The van der Waals surface area contributed by atoms with E-state index in [0.717, 1.165) is 17.7 Å². The Labute approximate surface area is 160 Å². The van der Waals surface area contributed by atoms with Gasteiger partial charge in [-0.2, -0.15) is 4.57 Å². The third-order valence-electron chi connectivity index (χ3n) is 4.06. The number of thioether (sulfide) groups is 1. The van der Waals surface area contributed by atoms with E-state index < -0.39 is 0 Å². The first-order valence-electron chi connectivity index (χ1n) is 8.23. The number of carbonyl (C=O) groups excluding carboxylic acids is 1. The Kier molecular flexibility index (Phi) is 6.68. The van der Waals surface area contributed by atoms with Crippen LogP contribution in [0.2, 0.25) is 0 Å². The highest BCUT2D eigenvalue weighted by Crippen LogP contribution is 2.31. The van der Waals surface area contributed by atoms with Gasteiger partial charge < -0.3 is 12.4 Å². The topological polar surface area (TPSA) is 24.2 Å². The molecule has 3 nitrogen and oxygen atoms in total. The van der Waals surface area contributed by atoms with Gasteiger partial charge in [0, 0.05) is 18.2 Å². The minimum absolute atomic E-state index is 0. The molecule has 1 amide bonds. The van der Waals surface area contributed by atoms with Gasteiger partial charge in [0.2, 0.25) is 5.91 Å². The zero-order valence-electron chi connectivity index (χ0n) is 14.6. The van der Waals surface area contributed by atoms with E-state index in [1.807, 2.05) is 23.2 Å². The Hall–Kier alpha value is -1.78. The Morgan fingerprint density at radius 1 is 1.28 bits per heavy atom. The van der Waals surface area contributed by atoms with Crippen molar-refractivity contribution in [1.82, 2.24) is 4.90 Å². The molecule has 1 aromatic carbocycles. The van der Waals surface area contributed by atoms with Crippen LogP contribution in [0.3, 0.4) is 0 Å². The lowest BCUT2D eigenvalue weighted by molar-refractivity contribution is -0.714. The fraction of sp³-hybridized carbons (Fsp3) is 0.300. The number of rotatable bonds is 5. The van der Waals surface area contributed by atoms with E-state index >= 15 is 0 Å². The molecule has 0 saturated carbocycles. The van der Waals surface area contributed by atoms with Crippen molar-refractivity contribution in [3.05, 3.63) is 60.9 Å². The van der Waals surface area contributed by atoms with Crippen LogP contribution in [-0.2, 0) is 4.79 Å². The molecule has 1 atom stereocenters. The van der Waals surface area contributed by atoms with Crippen molar-refractivity contribution >= 4 is 23.7 Å². The molecule has 1 fully saturated rings. The summed E-state index contributed by atoms with van der Waals surface area (Å²) >= 11 is 1.69. The minimum atomic E-state index is 0. The van der Waals surface area contributed by atoms with Crippen molar-refractivity contribution in [2.24, 2.45) is 5.92 Å². The summed E-state index contributed by atoms with van der Waals surface area (Å²) in [4.78, 5) is 14.2. The maximum atomic E-state index is 12.2. The number of benzene rings is 1. The monoisotopic (exact) mass is 374 g/mol. The lowest BCUT2D eigenvalue weighted by atomic mass is 10.1. The van der Waals surface area contributed by atoms with Gasteiger partial charge in [-0.15, -0.1) is 0 Å². The SMILES string of the molecule is C=Cc1ccc(-c2ccc[n+](C3SCC(=O)N3CC(C)C)c2)cc1.[Cl-]. The van der Waals surface area contributed by atoms with E-state index in [1.54, 1.807) is 11.8 Å². The summed E-state index contributed by atoms with van der Waals surface area (Å²) in [5.74, 6) is 1.25. The standard InChI is InChI=1S/C20H23N2OS.ClH/c1-4-16-7-9-17(10-8-16)18-6-5-11-21(13-18)20-22(12-15(2)3)19(23)14-24-20;/h4-11,13,15,20H,1,12,14H2,2-3H3;1H/q+1;/p-1. The Morgan fingerprint density at radius 3 is 2.64 bits per heavy atom. The van der Waals surface area contributed by atoms with Crippen LogP contribution in [-0.4, -0.2) is 23.1 Å². The maximum absolute atomic E-state index is 12.2. The van der Waals surface area contributed by atoms with Crippen LogP contribution in [0.15, 0.2) is 55.4 Å². The number of halogens is 1. The van der Waals surface area contributed by atoms with Gasteiger partial charge in [-0.05, 0) is 23.1 Å². The Morgan fingerprint density at radius 2 is 2.00 bits per heavy atom. The van der Waals surface area contributed by atoms with Crippen molar-refractivity contribution in [1.29, 1.82) is 0 Å². The van der Waals surface area contributed by atoms with Gasteiger partial charge in [-0.3, -0.25) is 9.69 Å². The number of aromatic nitrogens is 1. The summed E-state index contributed by atoms with van der Waals surface area (Å²) in [5, 5.41) is 0. The van der Waals surface area contributed by atoms with E-state index in [-0.39, 0.29) is 23.8 Å². The van der Waals surface area contributed by atoms with Crippen LogP contribution in [0.4, 0.5) is 0 Å². The van der Waals surface area contributed by atoms with E-state index in [2.05, 4.69) is 61.5 Å². The molecule has 0 aliphatic carbocycles.